The molecule has 7 nitrogen and oxygen atoms in total. The van der Waals surface area contributed by atoms with Gasteiger partial charge in [-0.25, -0.2) is 5.26 Å². The number of hydrogen-bond acceptors (Lipinski definition) is 8. The number of aryl methyl sites for hydroxylation is 1. The first-order valence-electron chi connectivity index (χ1n) is 5.92. The molecule has 0 unspecified atom stereocenters. The molecule has 0 saturated heterocycles. The lowest BCUT2D eigenvalue weighted by molar-refractivity contribution is -0.432. The highest BCUT2D eigenvalue weighted by Gasteiger charge is 2.05. The van der Waals surface area contributed by atoms with Gasteiger partial charge in [-0.3, -0.25) is 0 Å². The Labute approximate surface area is 125 Å². The van der Waals surface area contributed by atoms with Crippen LogP contribution in [0.25, 0.3) is 0 Å². The Balaban J connectivity index is 2.27. The van der Waals surface area contributed by atoms with Crippen LogP contribution < -0.4 is 11.5 Å². The summed E-state index contributed by atoms with van der Waals surface area (Å²) in [5.74, 6) is 0. The van der Waals surface area contributed by atoms with E-state index in [9.17, 15) is 0 Å². The molecule has 0 atom stereocenters. The van der Waals surface area contributed by atoms with Crippen molar-refractivity contribution in [2.24, 2.45) is 10.2 Å². The van der Waals surface area contributed by atoms with Gasteiger partial charge in [0.05, 0.1) is 22.6 Å². The van der Waals surface area contributed by atoms with Gasteiger partial charge in [-0.2, -0.15) is 0 Å². The zero-order valence-corrected chi connectivity index (χ0v) is 12.0. The van der Waals surface area contributed by atoms with E-state index in [2.05, 4.69) is 19.6 Å². The van der Waals surface area contributed by atoms with E-state index in [4.69, 9.17) is 16.7 Å². The summed E-state index contributed by atoms with van der Waals surface area (Å²) < 4.78 is 4.44. The Morgan fingerprint density at radius 2 is 1.76 bits per heavy atom. The van der Waals surface area contributed by atoms with Crippen LogP contribution in [0.3, 0.4) is 0 Å². The van der Waals surface area contributed by atoms with Crippen molar-refractivity contribution in [3.05, 3.63) is 42.0 Å². The minimum Gasteiger partial charge on any atom is -0.399 e. The predicted molar refractivity (Wildman–Crippen MR) is 81.3 cm³/mol. The molecular weight excluding hydrogens is 292 g/mol. The number of rotatable bonds is 5. The average molecular weight is 306 g/mol. The fourth-order valence-corrected chi connectivity index (χ4v) is 2.13. The van der Waals surface area contributed by atoms with Gasteiger partial charge in [0.15, 0.2) is 0 Å². The van der Waals surface area contributed by atoms with Crippen LogP contribution in [0.15, 0.2) is 51.5 Å². The van der Waals surface area contributed by atoms with Gasteiger partial charge >= 0.3 is 0 Å². The van der Waals surface area contributed by atoms with Crippen LogP contribution >= 0.6 is 12.0 Å². The SMILES string of the molecule is Cc1ccc(/N=N/c2ccc(N)cc2N)c(SOOO)c1. The Morgan fingerprint density at radius 1 is 1.05 bits per heavy atom. The summed E-state index contributed by atoms with van der Waals surface area (Å²) in [6.45, 7) is 1.92. The Hall–Kier alpha value is -2.13. The van der Waals surface area contributed by atoms with E-state index in [1.54, 1.807) is 24.3 Å². The molecule has 2 aromatic carbocycles. The van der Waals surface area contributed by atoms with Gasteiger partial charge < -0.3 is 11.5 Å². The highest BCUT2D eigenvalue weighted by Crippen LogP contribution is 2.33. The maximum absolute atomic E-state index is 8.23. The summed E-state index contributed by atoms with van der Waals surface area (Å²) in [7, 11) is 0. The number of benzene rings is 2. The Morgan fingerprint density at radius 3 is 2.48 bits per heavy atom. The maximum atomic E-state index is 8.23. The molecule has 0 bridgehead atoms. The summed E-state index contributed by atoms with van der Waals surface area (Å²) in [5, 5.41) is 20.0. The largest absolute Gasteiger partial charge is 0.399 e. The quantitative estimate of drug-likeness (QED) is 0.253. The van der Waals surface area contributed by atoms with Crippen molar-refractivity contribution in [2.75, 3.05) is 11.5 Å². The first-order chi connectivity index (χ1) is 10.1. The molecule has 0 heterocycles. The van der Waals surface area contributed by atoms with Gasteiger partial charge in [0.2, 0.25) is 0 Å². The second kappa shape index (κ2) is 7.04. The summed E-state index contributed by atoms with van der Waals surface area (Å²) in [4.78, 5) is 0.641. The maximum Gasteiger partial charge on any atom is 0.109 e. The molecule has 0 fully saturated rings. The van der Waals surface area contributed by atoms with Crippen molar-refractivity contribution in [3.8, 4) is 0 Å². The van der Waals surface area contributed by atoms with Crippen LogP contribution in [0.1, 0.15) is 5.56 Å². The first-order valence-corrected chi connectivity index (χ1v) is 6.66. The van der Waals surface area contributed by atoms with Crippen molar-refractivity contribution in [1.29, 1.82) is 0 Å². The summed E-state index contributed by atoms with van der Waals surface area (Å²) in [6, 6.07) is 10.5. The second-order valence-electron chi connectivity index (χ2n) is 4.22. The molecule has 0 aliphatic rings. The Kier molecular flexibility index (Phi) is 5.12. The van der Waals surface area contributed by atoms with Gasteiger partial charge in [-0.15, -0.1) is 14.6 Å². The van der Waals surface area contributed by atoms with Gasteiger partial charge in [0, 0.05) is 5.69 Å². The number of nitrogens with two attached hydrogens (primary N) is 2. The molecule has 8 heteroatoms. The molecule has 21 heavy (non-hydrogen) atoms. The zero-order chi connectivity index (χ0) is 15.2. The highest BCUT2D eigenvalue weighted by atomic mass is 32.2. The molecule has 0 spiro atoms. The molecule has 0 saturated carbocycles. The fraction of sp³-hybridized carbons (Fsp3) is 0.0769. The standard InChI is InChI=1S/C13H14N4O3S/c1-8-2-4-12(13(6-8)21-20-19-18)17-16-11-5-3-9(14)7-10(11)15/h2-7,18H,14-15H2,1H3/b17-16+. The third kappa shape index (κ3) is 4.17. The molecule has 0 radical (unpaired) electrons. The molecule has 5 N–H and O–H groups in total. The van der Waals surface area contributed by atoms with Crippen LogP contribution in [0.2, 0.25) is 0 Å². The summed E-state index contributed by atoms with van der Waals surface area (Å²) >= 11 is 0.826. The number of azo groups is 1. The molecule has 0 amide bonds. The normalized spacial score (nSPS) is 11.1. The van der Waals surface area contributed by atoms with E-state index in [1.165, 1.54) is 0 Å². The second-order valence-corrected chi connectivity index (χ2v) is 4.96. The van der Waals surface area contributed by atoms with E-state index >= 15 is 0 Å². The van der Waals surface area contributed by atoms with Crippen molar-refractivity contribution in [2.45, 2.75) is 11.8 Å². The van der Waals surface area contributed by atoms with Crippen LogP contribution in [-0.2, 0) is 9.37 Å². The monoisotopic (exact) mass is 306 g/mol. The lowest BCUT2D eigenvalue weighted by Crippen LogP contribution is -1.89. The first kappa shape index (κ1) is 15.3. The van der Waals surface area contributed by atoms with Gasteiger partial charge in [0.25, 0.3) is 0 Å². The van der Waals surface area contributed by atoms with Gasteiger partial charge in [-0.1, -0.05) is 11.1 Å². The fourth-order valence-electron chi connectivity index (χ4n) is 1.59. The van der Waals surface area contributed by atoms with Crippen molar-refractivity contribution >= 4 is 34.8 Å². The van der Waals surface area contributed by atoms with Gasteiger partial charge in [0.1, 0.15) is 11.4 Å². The molecule has 0 aliphatic heterocycles. The molecule has 110 valence electrons. The van der Waals surface area contributed by atoms with Crippen molar-refractivity contribution in [3.63, 3.8) is 0 Å². The molecule has 2 aromatic rings. The average Bonchev–Trinajstić information content (AvgIpc) is 2.45. The number of hydrogen-bond donors (Lipinski definition) is 3. The van der Waals surface area contributed by atoms with Crippen molar-refractivity contribution in [1.82, 2.24) is 0 Å². The number of anilines is 2. The van der Waals surface area contributed by atoms with E-state index in [0.717, 1.165) is 17.6 Å². The molecule has 0 aromatic heterocycles. The lowest BCUT2D eigenvalue weighted by atomic mass is 10.2. The van der Waals surface area contributed by atoms with Crippen LogP contribution in [0, 0.1) is 6.92 Å². The van der Waals surface area contributed by atoms with E-state index in [1.807, 2.05) is 19.1 Å². The van der Waals surface area contributed by atoms with E-state index in [0.29, 0.717) is 27.6 Å². The topological polar surface area (TPSA) is 115 Å². The molecular formula is C13H14N4O3S. The predicted octanol–water partition coefficient (Wildman–Crippen LogP) is 4.00. The van der Waals surface area contributed by atoms with Crippen LogP contribution in [0.4, 0.5) is 22.7 Å². The minimum atomic E-state index is 0.440. The number of nitrogens with zero attached hydrogens (tertiary/aromatic N) is 2. The number of nitrogen functional groups attached to an aromatic ring is 2. The minimum absolute atomic E-state index is 0.440. The van der Waals surface area contributed by atoms with Crippen molar-refractivity contribution < 1.29 is 14.6 Å². The Bertz CT molecular complexity index is 664. The highest BCUT2D eigenvalue weighted by molar-refractivity contribution is 7.94. The third-order valence-electron chi connectivity index (χ3n) is 2.59. The molecule has 0 aliphatic carbocycles. The van der Waals surface area contributed by atoms with E-state index in [-0.39, 0.29) is 0 Å². The zero-order valence-electron chi connectivity index (χ0n) is 11.2. The summed E-state index contributed by atoms with van der Waals surface area (Å²) in [6.07, 6.45) is 0. The third-order valence-corrected chi connectivity index (χ3v) is 3.22. The van der Waals surface area contributed by atoms with Crippen LogP contribution in [-0.4, -0.2) is 5.26 Å². The smallest absolute Gasteiger partial charge is 0.109 e. The molecule has 2 rings (SSSR count). The van der Waals surface area contributed by atoms with Gasteiger partial charge in [-0.05, 0) is 42.8 Å². The van der Waals surface area contributed by atoms with Crippen LogP contribution in [0.5, 0.6) is 0 Å². The summed E-state index contributed by atoms with van der Waals surface area (Å²) in [5.41, 5.74) is 14.5. The lowest BCUT2D eigenvalue weighted by Gasteiger charge is -2.04. The van der Waals surface area contributed by atoms with E-state index < -0.39 is 0 Å².